The molecule has 0 bridgehead atoms. The number of rotatable bonds is 6. The van der Waals surface area contributed by atoms with Gasteiger partial charge in [-0.25, -0.2) is 8.42 Å². The third kappa shape index (κ3) is 4.89. The van der Waals surface area contributed by atoms with Crippen LogP contribution in [-0.2, 0) is 21.2 Å². The molecule has 25 heavy (non-hydrogen) atoms. The maximum absolute atomic E-state index is 12.8. The summed E-state index contributed by atoms with van der Waals surface area (Å²) in [7, 11) is -2.92. The normalized spacial score (nSPS) is 19.0. The fourth-order valence-electron chi connectivity index (χ4n) is 2.77. The minimum absolute atomic E-state index is 0.0115. The first-order valence-corrected chi connectivity index (χ1v) is 11.0. The summed E-state index contributed by atoms with van der Waals surface area (Å²) in [6.45, 7) is 2.36. The summed E-state index contributed by atoms with van der Waals surface area (Å²) in [5, 5.41) is 0.0115. The van der Waals surface area contributed by atoms with Crippen LogP contribution in [0.2, 0.25) is 0 Å². The molecule has 2 aromatic rings. The summed E-state index contributed by atoms with van der Waals surface area (Å²) < 4.78 is 28.5. The summed E-state index contributed by atoms with van der Waals surface area (Å²) >= 11 is 1.43. The van der Waals surface area contributed by atoms with Gasteiger partial charge in [-0.3, -0.25) is 4.79 Å². The van der Waals surface area contributed by atoms with Crippen LogP contribution in [0.15, 0.2) is 47.1 Å². The van der Waals surface area contributed by atoms with E-state index in [4.69, 9.17) is 4.42 Å². The summed E-state index contributed by atoms with van der Waals surface area (Å²) in [4.78, 5) is 14.5. The van der Waals surface area contributed by atoms with Gasteiger partial charge in [-0.2, -0.15) is 0 Å². The Morgan fingerprint density at radius 1 is 1.28 bits per heavy atom. The topological polar surface area (TPSA) is 67.6 Å². The molecule has 3 rings (SSSR count). The lowest BCUT2D eigenvalue weighted by atomic mass is 10.2. The van der Waals surface area contributed by atoms with Gasteiger partial charge in [-0.15, -0.1) is 11.8 Å². The molecule has 0 radical (unpaired) electrons. The van der Waals surface area contributed by atoms with Crippen LogP contribution in [0.25, 0.3) is 0 Å². The lowest BCUT2D eigenvalue weighted by molar-refractivity contribution is -0.116. The molecule has 1 aliphatic rings. The van der Waals surface area contributed by atoms with Gasteiger partial charge in [0.05, 0.1) is 30.1 Å². The van der Waals surface area contributed by atoms with E-state index in [9.17, 15) is 13.2 Å². The number of hydrogen-bond donors (Lipinski definition) is 0. The van der Waals surface area contributed by atoms with Gasteiger partial charge >= 0.3 is 0 Å². The summed E-state index contributed by atoms with van der Waals surface area (Å²) in [6, 6.07) is 11.4. The number of nitrogens with zero attached hydrogens (tertiary/aromatic N) is 1. The van der Waals surface area contributed by atoms with Gasteiger partial charge in [-0.1, -0.05) is 17.7 Å². The van der Waals surface area contributed by atoms with Crippen LogP contribution in [0.5, 0.6) is 0 Å². The van der Waals surface area contributed by atoms with Crippen LogP contribution in [0.4, 0.5) is 5.69 Å². The third-order valence-electron chi connectivity index (χ3n) is 4.17. The van der Waals surface area contributed by atoms with E-state index in [2.05, 4.69) is 0 Å². The third-order valence-corrected chi connectivity index (χ3v) is 7.44. The Morgan fingerprint density at radius 2 is 2.04 bits per heavy atom. The highest BCUT2D eigenvalue weighted by Crippen LogP contribution is 2.26. The molecule has 7 heteroatoms. The maximum Gasteiger partial charge on any atom is 0.237 e. The van der Waals surface area contributed by atoms with Gasteiger partial charge in [0, 0.05) is 10.9 Å². The van der Waals surface area contributed by atoms with Crippen molar-refractivity contribution in [3.8, 4) is 0 Å². The highest BCUT2D eigenvalue weighted by Gasteiger charge is 2.29. The van der Waals surface area contributed by atoms with E-state index >= 15 is 0 Å². The molecule has 0 N–H and O–H groups in total. The van der Waals surface area contributed by atoms with E-state index in [-0.39, 0.29) is 28.4 Å². The Labute approximate surface area is 152 Å². The van der Waals surface area contributed by atoms with E-state index < -0.39 is 9.84 Å². The van der Waals surface area contributed by atoms with Crippen molar-refractivity contribution in [2.75, 3.05) is 22.2 Å². The van der Waals surface area contributed by atoms with Gasteiger partial charge in [0.2, 0.25) is 5.91 Å². The fraction of sp³-hybridized carbons (Fsp3) is 0.389. The Hall–Kier alpha value is -1.73. The summed E-state index contributed by atoms with van der Waals surface area (Å²) in [6.07, 6.45) is 2.22. The van der Waals surface area contributed by atoms with Gasteiger partial charge in [0.1, 0.15) is 5.76 Å². The molecule has 1 fully saturated rings. The molecular weight excluding hydrogens is 358 g/mol. The van der Waals surface area contributed by atoms with Crippen molar-refractivity contribution < 1.29 is 17.6 Å². The molecule has 1 aromatic heterocycles. The average Bonchev–Trinajstić information content (AvgIpc) is 3.20. The first-order valence-electron chi connectivity index (χ1n) is 8.14. The first kappa shape index (κ1) is 18.1. The van der Waals surface area contributed by atoms with Crippen molar-refractivity contribution in [1.29, 1.82) is 0 Å². The van der Waals surface area contributed by atoms with Crippen LogP contribution in [0.1, 0.15) is 17.7 Å². The molecule has 0 saturated carbocycles. The predicted molar refractivity (Wildman–Crippen MR) is 101 cm³/mol. The smallest absolute Gasteiger partial charge is 0.237 e. The summed E-state index contributed by atoms with van der Waals surface area (Å²) in [5.41, 5.74) is 1.94. The second-order valence-electron chi connectivity index (χ2n) is 6.23. The van der Waals surface area contributed by atoms with E-state index in [1.54, 1.807) is 17.2 Å². The van der Waals surface area contributed by atoms with Crippen molar-refractivity contribution in [2.24, 2.45) is 0 Å². The average molecular weight is 380 g/mol. The molecule has 2 heterocycles. The zero-order chi connectivity index (χ0) is 17.9. The minimum Gasteiger partial charge on any atom is -0.467 e. The van der Waals surface area contributed by atoms with Crippen LogP contribution >= 0.6 is 11.8 Å². The molecule has 134 valence electrons. The number of benzene rings is 1. The Kier molecular flexibility index (Phi) is 5.54. The van der Waals surface area contributed by atoms with Crippen LogP contribution in [-0.4, -0.2) is 36.8 Å². The molecule has 1 aromatic carbocycles. The zero-order valence-corrected chi connectivity index (χ0v) is 15.7. The minimum atomic E-state index is -2.92. The van der Waals surface area contributed by atoms with Crippen molar-refractivity contribution in [3.05, 3.63) is 54.0 Å². The number of carbonyl (C=O) groups excluding carboxylic acids is 1. The monoisotopic (exact) mass is 379 g/mol. The van der Waals surface area contributed by atoms with Gasteiger partial charge in [-0.05, 0) is 37.6 Å². The van der Waals surface area contributed by atoms with Crippen LogP contribution in [0.3, 0.4) is 0 Å². The number of furan rings is 1. The van der Waals surface area contributed by atoms with Crippen molar-refractivity contribution in [1.82, 2.24) is 0 Å². The largest absolute Gasteiger partial charge is 0.467 e. The van der Waals surface area contributed by atoms with E-state index in [1.165, 1.54) is 11.8 Å². The fourth-order valence-corrected chi connectivity index (χ4v) is 6.28. The standard InChI is InChI=1S/C18H21NO4S2/c1-14-4-6-15(7-5-14)19(11-16-3-2-9-23-16)18(20)12-24-17-8-10-25(21,22)13-17/h2-7,9,17H,8,10-13H2,1H3. The first-order chi connectivity index (χ1) is 11.9. The van der Waals surface area contributed by atoms with Crippen LogP contribution in [0, 0.1) is 6.92 Å². The Bertz CT molecular complexity index is 813. The summed E-state index contributed by atoms with van der Waals surface area (Å²) in [5.74, 6) is 1.33. The van der Waals surface area contributed by atoms with E-state index in [1.807, 2.05) is 37.3 Å². The Balaban J connectivity index is 1.69. The molecule has 1 unspecified atom stereocenters. The molecule has 0 aliphatic carbocycles. The van der Waals surface area contributed by atoms with Gasteiger partial charge in [0.25, 0.3) is 0 Å². The second kappa shape index (κ2) is 7.66. The van der Waals surface area contributed by atoms with Crippen molar-refractivity contribution >= 4 is 33.2 Å². The van der Waals surface area contributed by atoms with E-state index in [0.29, 0.717) is 18.7 Å². The predicted octanol–water partition coefficient (Wildman–Crippen LogP) is 3.04. The molecular formula is C18H21NO4S2. The maximum atomic E-state index is 12.8. The quantitative estimate of drug-likeness (QED) is 0.772. The molecule has 1 aliphatic heterocycles. The van der Waals surface area contributed by atoms with Gasteiger partial charge in [0.15, 0.2) is 9.84 Å². The van der Waals surface area contributed by atoms with Crippen molar-refractivity contribution in [2.45, 2.75) is 25.1 Å². The second-order valence-corrected chi connectivity index (χ2v) is 9.75. The van der Waals surface area contributed by atoms with Crippen LogP contribution < -0.4 is 4.90 Å². The molecule has 0 spiro atoms. The SMILES string of the molecule is Cc1ccc(N(Cc2ccco2)C(=O)CSC2CCS(=O)(=O)C2)cc1. The highest BCUT2D eigenvalue weighted by atomic mass is 32.2. The highest BCUT2D eigenvalue weighted by molar-refractivity contribution is 8.02. The van der Waals surface area contributed by atoms with Gasteiger partial charge < -0.3 is 9.32 Å². The lowest BCUT2D eigenvalue weighted by Gasteiger charge is -2.22. The molecule has 1 atom stereocenters. The van der Waals surface area contributed by atoms with Crippen molar-refractivity contribution in [3.63, 3.8) is 0 Å². The molecule has 5 nitrogen and oxygen atoms in total. The zero-order valence-electron chi connectivity index (χ0n) is 14.1. The number of thioether (sulfide) groups is 1. The molecule has 1 amide bonds. The Morgan fingerprint density at radius 3 is 2.64 bits per heavy atom. The number of hydrogen-bond acceptors (Lipinski definition) is 5. The van der Waals surface area contributed by atoms with E-state index in [0.717, 1.165) is 11.3 Å². The number of anilines is 1. The number of sulfone groups is 1. The molecule has 1 saturated heterocycles. The lowest BCUT2D eigenvalue weighted by Crippen LogP contribution is -2.32. The number of amides is 1. The number of carbonyl (C=O) groups is 1. The number of aryl methyl sites for hydroxylation is 1.